The van der Waals surface area contributed by atoms with Gasteiger partial charge in [-0.1, -0.05) is 26.0 Å². The van der Waals surface area contributed by atoms with Gasteiger partial charge in [0, 0.05) is 26.3 Å². The molecule has 1 atom stereocenters. The van der Waals surface area contributed by atoms with E-state index < -0.39 is 0 Å². The fourth-order valence-corrected chi connectivity index (χ4v) is 3.18. The van der Waals surface area contributed by atoms with Crippen molar-refractivity contribution < 1.29 is 9.53 Å². The molecule has 0 spiro atoms. The molecule has 1 amide bonds. The number of rotatable bonds is 7. The number of benzene rings is 1. The summed E-state index contributed by atoms with van der Waals surface area (Å²) in [5, 5.41) is 7.23. The summed E-state index contributed by atoms with van der Waals surface area (Å²) in [6.45, 7) is 4.76. The second-order valence-electron chi connectivity index (χ2n) is 6.65. The Labute approximate surface area is 153 Å². The minimum atomic E-state index is -0.253. The number of ether oxygens (including phenoxy) is 1. The van der Waals surface area contributed by atoms with Gasteiger partial charge in [-0.3, -0.25) is 9.48 Å². The van der Waals surface area contributed by atoms with Crippen LogP contribution in [0.5, 0.6) is 0 Å². The third kappa shape index (κ3) is 3.62. The van der Waals surface area contributed by atoms with E-state index in [9.17, 15) is 4.79 Å². The van der Waals surface area contributed by atoms with Gasteiger partial charge in [0.15, 0.2) is 0 Å². The quantitative estimate of drug-likeness (QED) is 0.706. The van der Waals surface area contributed by atoms with Gasteiger partial charge in [0.1, 0.15) is 12.4 Å². The molecule has 7 heteroatoms. The molecule has 1 aromatic carbocycles. The van der Waals surface area contributed by atoms with E-state index in [2.05, 4.69) is 29.2 Å². The van der Waals surface area contributed by atoms with Gasteiger partial charge < -0.3 is 14.6 Å². The topological polar surface area (TPSA) is 74.0 Å². The Bertz CT molecular complexity index is 896. The standard InChI is InChI=1S/C19H25N5O2/c1-13(2)19-22-14-7-5-6-8-17(14)24(19)11-18(25)21-15(12-26-4)16-9-10-20-23(16)3/h5-10,13,15H,11-12H2,1-4H3,(H,21,25)/t15-/m0/s1. The van der Waals surface area contributed by atoms with Crippen LogP contribution in [0.1, 0.15) is 37.3 Å². The van der Waals surface area contributed by atoms with E-state index in [4.69, 9.17) is 4.74 Å². The summed E-state index contributed by atoms with van der Waals surface area (Å²) >= 11 is 0. The molecular formula is C19H25N5O2. The number of methoxy groups -OCH3 is 1. The molecule has 0 unspecified atom stereocenters. The van der Waals surface area contributed by atoms with Crippen LogP contribution in [-0.2, 0) is 23.1 Å². The highest BCUT2D eigenvalue weighted by Crippen LogP contribution is 2.22. The first-order valence-corrected chi connectivity index (χ1v) is 8.72. The summed E-state index contributed by atoms with van der Waals surface area (Å²) in [4.78, 5) is 17.5. The minimum absolute atomic E-state index is 0.0849. The molecule has 0 aliphatic carbocycles. The molecule has 138 valence electrons. The molecule has 0 aliphatic heterocycles. The Morgan fingerprint density at radius 2 is 2.04 bits per heavy atom. The zero-order valence-corrected chi connectivity index (χ0v) is 15.6. The number of carbonyl (C=O) groups excluding carboxylic acids is 1. The number of imidazole rings is 1. The number of nitrogens with one attached hydrogen (secondary N) is 1. The van der Waals surface area contributed by atoms with Crippen LogP contribution in [0.4, 0.5) is 0 Å². The van der Waals surface area contributed by atoms with Gasteiger partial charge in [-0.05, 0) is 18.2 Å². The van der Waals surface area contributed by atoms with Gasteiger partial charge in [0.05, 0.1) is 29.4 Å². The number of carbonyl (C=O) groups is 1. The fraction of sp³-hybridized carbons (Fsp3) is 0.421. The van der Waals surface area contributed by atoms with E-state index in [1.165, 1.54) is 0 Å². The van der Waals surface area contributed by atoms with Crippen molar-refractivity contribution in [2.24, 2.45) is 7.05 Å². The van der Waals surface area contributed by atoms with E-state index in [-0.39, 0.29) is 24.4 Å². The summed E-state index contributed by atoms with van der Waals surface area (Å²) < 4.78 is 9.01. The largest absolute Gasteiger partial charge is 0.382 e. The average Bonchev–Trinajstić information content (AvgIpc) is 3.19. The molecule has 0 saturated heterocycles. The molecule has 7 nitrogen and oxygen atoms in total. The van der Waals surface area contributed by atoms with Gasteiger partial charge in [0.2, 0.25) is 5.91 Å². The van der Waals surface area contributed by atoms with Crippen LogP contribution in [0, 0.1) is 0 Å². The molecule has 1 N–H and O–H groups in total. The lowest BCUT2D eigenvalue weighted by molar-refractivity contribution is -0.122. The van der Waals surface area contributed by atoms with Gasteiger partial charge in [-0.2, -0.15) is 5.10 Å². The van der Waals surface area contributed by atoms with Crippen molar-refractivity contribution >= 4 is 16.9 Å². The first-order chi connectivity index (χ1) is 12.5. The summed E-state index contributed by atoms with van der Waals surface area (Å²) in [5.41, 5.74) is 2.78. The van der Waals surface area contributed by atoms with Crippen LogP contribution in [0.3, 0.4) is 0 Å². The number of hydrogen-bond acceptors (Lipinski definition) is 4. The normalized spacial score (nSPS) is 12.7. The molecule has 0 fully saturated rings. The van der Waals surface area contributed by atoms with E-state index in [1.807, 2.05) is 41.9 Å². The highest BCUT2D eigenvalue weighted by molar-refractivity contribution is 5.81. The van der Waals surface area contributed by atoms with Crippen molar-refractivity contribution in [3.05, 3.63) is 48.0 Å². The lowest BCUT2D eigenvalue weighted by atomic mass is 10.2. The molecule has 0 radical (unpaired) electrons. The molecule has 2 heterocycles. The van der Waals surface area contributed by atoms with Crippen LogP contribution in [0.2, 0.25) is 0 Å². The maximum Gasteiger partial charge on any atom is 0.240 e. The minimum Gasteiger partial charge on any atom is -0.382 e. The fourth-order valence-electron chi connectivity index (χ4n) is 3.18. The summed E-state index contributed by atoms with van der Waals surface area (Å²) in [7, 11) is 3.47. The SMILES string of the molecule is COC[C@H](NC(=O)Cn1c(C(C)C)nc2ccccc21)c1ccnn1C. The number of fused-ring (bicyclic) bond motifs is 1. The molecule has 2 aromatic heterocycles. The molecule has 0 saturated carbocycles. The van der Waals surface area contributed by atoms with E-state index in [0.29, 0.717) is 6.61 Å². The predicted molar refractivity (Wildman–Crippen MR) is 99.8 cm³/mol. The Balaban J connectivity index is 1.84. The van der Waals surface area contributed by atoms with Crippen molar-refractivity contribution in [2.45, 2.75) is 32.4 Å². The highest BCUT2D eigenvalue weighted by atomic mass is 16.5. The predicted octanol–water partition coefficient (Wildman–Crippen LogP) is 2.40. The van der Waals surface area contributed by atoms with Crippen LogP contribution in [0.25, 0.3) is 11.0 Å². The second-order valence-corrected chi connectivity index (χ2v) is 6.65. The second kappa shape index (κ2) is 7.70. The Kier molecular flexibility index (Phi) is 5.37. The first-order valence-electron chi connectivity index (χ1n) is 8.72. The maximum atomic E-state index is 12.8. The van der Waals surface area contributed by atoms with Crippen molar-refractivity contribution in [1.82, 2.24) is 24.6 Å². The van der Waals surface area contributed by atoms with Crippen LogP contribution < -0.4 is 5.32 Å². The van der Waals surface area contributed by atoms with Gasteiger partial charge in [-0.25, -0.2) is 4.98 Å². The monoisotopic (exact) mass is 355 g/mol. The van der Waals surface area contributed by atoms with Gasteiger partial charge in [0.25, 0.3) is 0 Å². The molecule has 0 bridgehead atoms. The van der Waals surface area contributed by atoms with Crippen LogP contribution in [0.15, 0.2) is 36.5 Å². The van der Waals surface area contributed by atoms with Crippen molar-refractivity contribution in [3.8, 4) is 0 Å². The van der Waals surface area contributed by atoms with Gasteiger partial charge >= 0.3 is 0 Å². The molecule has 3 rings (SSSR count). The van der Waals surface area contributed by atoms with E-state index in [1.54, 1.807) is 18.0 Å². The lowest BCUT2D eigenvalue weighted by Gasteiger charge is -2.19. The Morgan fingerprint density at radius 1 is 1.27 bits per heavy atom. The molecular weight excluding hydrogens is 330 g/mol. The smallest absolute Gasteiger partial charge is 0.240 e. The molecule has 3 aromatic rings. The number of aryl methyl sites for hydroxylation is 1. The third-order valence-corrected chi connectivity index (χ3v) is 4.39. The first kappa shape index (κ1) is 18.1. The Morgan fingerprint density at radius 3 is 2.69 bits per heavy atom. The number of hydrogen-bond donors (Lipinski definition) is 1. The van der Waals surface area contributed by atoms with Crippen molar-refractivity contribution in [3.63, 3.8) is 0 Å². The van der Waals surface area contributed by atoms with Crippen molar-refractivity contribution in [2.75, 3.05) is 13.7 Å². The molecule has 26 heavy (non-hydrogen) atoms. The van der Waals surface area contributed by atoms with Crippen LogP contribution >= 0.6 is 0 Å². The lowest BCUT2D eigenvalue weighted by Crippen LogP contribution is -2.35. The number of nitrogens with zero attached hydrogens (tertiary/aromatic N) is 4. The van der Waals surface area contributed by atoms with E-state index in [0.717, 1.165) is 22.6 Å². The zero-order chi connectivity index (χ0) is 18.7. The highest BCUT2D eigenvalue weighted by Gasteiger charge is 2.20. The number of para-hydroxylation sites is 2. The Hall–Kier alpha value is -2.67. The summed E-state index contributed by atoms with van der Waals surface area (Å²) in [6.07, 6.45) is 1.71. The van der Waals surface area contributed by atoms with Crippen LogP contribution in [-0.4, -0.2) is 39.0 Å². The third-order valence-electron chi connectivity index (χ3n) is 4.39. The maximum absolute atomic E-state index is 12.8. The summed E-state index contributed by atoms with van der Waals surface area (Å²) in [6, 6.07) is 9.52. The molecule has 0 aliphatic rings. The summed E-state index contributed by atoms with van der Waals surface area (Å²) in [5.74, 6) is 1.05. The average molecular weight is 355 g/mol. The number of aromatic nitrogens is 4. The zero-order valence-electron chi connectivity index (χ0n) is 15.6. The van der Waals surface area contributed by atoms with Gasteiger partial charge in [-0.15, -0.1) is 0 Å². The number of amides is 1. The van der Waals surface area contributed by atoms with E-state index >= 15 is 0 Å². The van der Waals surface area contributed by atoms with Crippen molar-refractivity contribution in [1.29, 1.82) is 0 Å².